The largest absolute Gasteiger partial charge is 0.480 e. The quantitative estimate of drug-likeness (QED) is 0.0342. The summed E-state index contributed by atoms with van der Waals surface area (Å²) in [5, 5.41) is 34.2. The lowest BCUT2D eigenvalue weighted by atomic mass is 9.83. The van der Waals surface area contributed by atoms with Gasteiger partial charge in [-0.1, -0.05) is 118 Å². The van der Waals surface area contributed by atoms with Crippen molar-refractivity contribution in [2.75, 3.05) is 21.2 Å². The minimum atomic E-state index is -1.75. The number of carbonyl (C=O) groups is 4. The smallest absolute Gasteiger partial charge is 0.414 e. The molecule has 0 saturated heterocycles. The van der Waals surface area contributed by atoms with Crippen LogP contribution in [0.15, 0.2) is 168 Å². The first-order chi connectivity index (χ1) is 37.2. The summed E-state index contributed by atoms with van der Waals surface area (Å²) in [4.78, 5) is 98.9. The first-order valence-electron chi connectivity index (χ1n) is 24.2. The van der Waals surface area contributed by atoms with E-state index in [4.69, 9.17) is 37.9 Å². The van der Waals surface area contributed by atoms with Crippen molar-refractivity contribution in [1.82, 2.24) is 0 Å². The third kappa shape index (κ3) is 12.5. The molecule has 0 spiro atoms. The average molecular weight is 1060 g/mol. The Kier molecular flexibility index (Phi) is 18.3. The number of benzene rings is 4. The van der Waals surface area contributed by atoms with Gasteiger partial charge in [-0.25, -0.2) is 29.1 Å². The van der Waals surface area contributed by atoms with Crippen LogP contribution >= 0.6 is 0 Å². The first kappa shape index (κ1) is 55.1. The maximum absolute atomic E-state index is 14.2. The Hall–Kier alpha value is -9.63. The molecule has 0 aliphatic carbocycles. The van der Waals surface area contributed by atoms with Gasteiger partial charge in [0.1, 0.15) is 25.6 Å². The molecular weight excluding hydrogens is 1000 g/mol. The maximum Gasteiger partial charge on any atom is 0.414 e. The lowest BCUT2D eigenvalue weighted by molar-refractivity contribution is -0.132. The zero-order valence-corrected chi connectivity index (χ0v) is 41.9. The van der Waals surface area contributed by atoms with Gasteiger partial charge in [0, 0.05) is 23.8 Å². The normalized spacial score (nSPS) is 12.1. The molecule has 3 heterocycles. The van der Waals surface area contributed by atoms with E-state index in [0.717, 1.165) is 37.0 Å². The molecule has 0 fully saturated rings. The lowest BCUT2D eigenvalue weighted by Crippen LogP contribution is -2.41. The fourth-order valence-electron chi connectivity index (χ4n) is 8.82. The third-order valence-electron chi connectivity index (χ3n) is 12.2. The summed E-state index contributed by atoms with van der Waals surface area (Å²) in [6, 6.07) is 26.7. The van der Waals surface area contributed by atoms with Gasteiger partial charge in [0.15, 0.2) is 0 Å². The average Bonchev–Trinajstić information content (AvgIpc) is 3.42. The van der Waals surface area contributed by atoms with Crippen LogP contribution in [0.5, 0.6) is 23.0 Å². The van der Waals surface area contributed by atoms with Crippen molar-refractivity contribution < 1.29 is 66.7 Å². The summed E-state index contributed by atoms with van der Waals surface area (Å²) in [6.07, 6.45) is -3.06. The van der Waals surface area contributed by atoms with Crippen LogP contribution in [0.2, 0.25) is 0 Å². The number of hydrogen-bond donors (Lipinski definition) is 4. The summed E-state index contributed by atoms with van der Waals surface area (Å²) in [5.74, 6) is -4.92. The van der Waals surface area contributed by atoms with Gasteiger partial charge in [-0.15, -0.1) is 0 Å². The van der Waals surface area contributed by atoms with Gasteiger partial charge in [-0.3, -0.25) is 19.2 Å². The molecule has 3 amide bonds. The summed E-state index contributed by atoms with van der Waals surface area (Å²) >= 11 is 0. The molecule has 0 aliphatic heterocycles. The number of nitrogens with zero attached hydrogens (tertiary/aromatic N) is 3. The van der Waals surface area contributed by atoms with E-state index in [2.05, 4.69) is 0 Å². The summed E-state index contributed by atoms with van der Waals surface area (Å²) in [6.45, 7) is 3.28. The Bertz CT molecular complexity index is 3370. The minimum Gasteiger partial charge on any atom is -0.480 e. The number of nitrogens with two attached hydrogens (primary N) is 1. The highest BCUT2D eigenvalue weighted by Gasteiger charge is 2.43. The van der Waals surface area contributed by atoms with E-state index >= 15 is 0 Å². The molecule has 0 bridgehead atoms. The number of rotatable bonds is 23. The van der Waals surface area contributed by atoms with Crippen molar-refractivity contribution in [3.63, 3.8) is 0 Å². The van der Waals surface area contributed by atoms with Crippen molar-refractivity contribution in [2.45, 2.75) is 78.0 Å². The Morgan fingerprint density at radius 2 is 0.818 bits per heavy atom. The van der Waals surface area contributed by atoms with Crippen molar-refractivity contribution in [3.8, 4) is 23.0 Å². The van der Waals surface area contributed by atoms with Gasteiger partial charge < -0.3 is 53.3 Å². The lowest BCUT2D eigenvalue weighted by Gasteiger charge is -2.38. The van der Waals surface area contributed by atoms with Crippen molar-refractivity contribution in [3.05, 3.63) is 204 Å². The molecule has 5 N–H and O–H groups in total. The minimum absolute atomic E-state index is 0.0695. The molecule has 77 heavy (non-hydrogen) atoms. The molecule has 4 aromatic carbocycles. The second kappa shape index (κ2) is 25.5. The third-order valence-corrected chi connectivity index (χ3v) is 12.2. The Morgan fingerprint density at radius 1 is 0.481 bits per heavy atom. The molecule has 0 radical (unpaired) electrons. The van der Waals surface area contributed by atoms with E-state index in [1.54, 1.807) is 105 Å². The molecule has 0 aliphatic rings. The SMILES string of the molecule is CCC(c1ccc(OC(=O)CN)c(C(CC)N(C(=O)O)c2occc(=O)c2OCc2ccccc2)c1C(CC)N(C(=O)O)c1occc(=O)c1OCc1ccccc1)N(C(=O)O)c1occc(=O)c1OCc1ccccc1. The number of anilines is 3. The molecule has 21 heteroatoms. The Morgan fingerprint density at radius 3 is 1.14 bits per heavy atom. The van der Waals surface area contributed by atoms with E-state index in [1.807, 2.05) is 0 Å². The van der Waals surface area contributed by atoms with E-state index in [0.29, 0.717) is 31.4 Å². The summed E-state index contributed by atoms with van der Waals surface area (Å²) in [5.41, 5.74) is 4.70. The van der Waals surface area contributed by atoms with Crippen LogP contribution in [0, 0.1) is 0 Å². The topological polar surface area (TPSA) is 292 Å². The molecule has 0 saturated carbocycles. The Balaban J connectivity index is 1.56. The molecule has 21 nitrogen and oxygen atoms in total. The molecule has 3 atom stereocenters. The number of hydrogen-bond acceptors (Lipinski definition) is 15. The molecule has 3 unspecified atom stereocenters. The summed E-state index contributed by atoms with van der Waals surface area (Å²) < 4.78 is 41.6. The summed E-state index contributed by atoms with van der Waals surface area (Å²) in [7, 11) is 0. The van der Waals surface area contributed by atoms with Crippen LogP contribution in [0.1, 0.15) is 91.5 Å². The van der Waals surface area contributed by atoms with Gasteiger partial charge in [0.2, 0.25) is 33.5 Å². The van der Waals surface area contributed by atoms with Crippen LogP contribution in [0.4, 0.5) is 32.0 Å². The van der Waals surface area contributed by atoms with Crippen molar-refractivity contribution >= 4 is 41.9 Å². The zero-order valence-electron chi connectivity index (χ0n) is 41.9. The second-order valence-electron chi connectivity index (χ2n) is 17.0. The zero-order chi connectivity index (χ0) is 55.2. The highest BCUT2D eigenvalue weighted by molar-refractivity contribution is 5.90. The molecule has 7 rings (SSSR count). The highest BCUT2D eigenvalue weighted by atomic mass is 16.5. The van der Waals surface area contributed by atoms with Crippen LogP contribution in [0.25, 0.3) is 0 Å². The Labute approximate surface area is 439 Å². The standard InChI is InChI=1S/C56H54N4O17/c1-4-38(58(54(65)66)51-48(41(61)24-27-71-51)74-31-34-16-10-7-11-17-34)37-22-23-44(77-45(64)30-57)47(40(6-3)60(56(69)70)53-50(43(63)26-29-73-53)76-33-36-20-14-9-15-21-36)46(37)39(5-2)59(55(67)68)52-49(42(62)25-28-72-52)75-32-35-18-12-8-13-19-35/h7-29,38-40H,4-6,30-33,57H2,1-3H3,(H,65,66)(H,67,68)(H,69,70). The predicted molar refractivity (Wildman–Crippen MR) is 279 cm³/mol. The van der Waals surface area contributed by atoms with Crippen LogP contribution in [-0.2, 0) is 24.6 Å². The van der Waals surface area contributed by atoms with Gasteiger partial charge in [-0.05, 0) is 53.1 Å². The second-order valence-corrected chi connectivity index (χ2v) is 17.0. The maximum atomic E-state index is 14.2. The van der Waals surface area contributed by atoms with E-state index in [9.17, 15) is 48.9 Å². The van der Waals surface area contributed by atoms with Gasteiger partial charge >= 0.3 is 24.2 Å². The number of carbonyl (C=O) groups excluding carboxylic acids is 1. The van der Waals surface area contributed by atoms with E-state index in [-0.39, 0.29) is 55.8 Å². The van der Waals surface area contributed by atoms with E-state index < -0.39 is 106 Å². The molecule has 400 valence electrons. The number of ether oxygens (including phenoxy) is 4. The van der Waals surface area contributed by atoms with Gasteiger partial charge in [-0.2, -0.15) is 0 Å². The predicted octanol–water partition coefficient (Wildman–Crippen LogP) is 10.1. The van der Waals surface area contributed by atoms with E-state index in [1.165, 1.54) is 19.1 Å². The molecule has 3 aromatic heterocycles. The van der Waals surface area contributed by atoms with Crippen LogP contribution in [0.3, 0.4) is 0 Å². The van der Waals surface area contributed by atoms with Gasteiger partial charge in [0.25, 0.3) is 17.7 Å². The van der Waals surface area contributed by atoms with Gasteiger partial charge in [0.05, 0.1) is 43.5 Å². The molecular formula is C56H54N4O17. The molecule has 7 aromatic rings. The fraction of sp³-hybridized carbons (Fsp3) is 0.232. The number of carboxylic acid groups (broad SMARTS) is 3. The van der Waals surface area contributed by atoms with Crippen molar-refractivity contribution in [2.24, 2.45) is 5.73 Å². The number of amides is 3. The number of esters is 1. The first-order valence-corrected chi connectivity index (χ1v) is 24.2. The van der Waals surface area contributed by atoms with Crippen molar-refractivity contribution in [1.29, 1.82) is 0 Å². The van der Waals surface area contributed by atoms with Crippen LogP contribution < -0.4 is 55.7 Å². The van der Waals surface area contributed by atoms with Crippen LogP contribution in [-0.4, -0.2) is 46.1 Å². The monoisotopic (exact) mass is 1050 g/mol. The fourth-order valence-corrected chi connectivity index (χ4v) is 8.82. The highest BCUT2D eigenvalue weighted by Crippen LogP contribution is 2.49.